The van der Waals surface area contributed by atoms with E-state index in [4.69, 9.17) is 0 Å². The van der Waals surface area contributed by atoms with E-state index >= 15 is 0 Å². The highest BCUT2D eigenvalue weighted by Crippen LogP contribution is 2.33. The molecule has 0 radical (unpaired) electrons. The van der Waals surface area contributed by atoms with Crippen LogP contribution in [0.3, 0.4) is 0 Å². The summed E-state index contributed by atoms with van der Waals surface area (Å²) in [6.45, 7) is 8.74. The number of hydrogen-bond donors (Lipinski definition) is 0. The van der Waals surface area contributed by atoms with Gasteiger partial charge >= 0.3 is 0 Å². The lowest BCUT2D eigenvalue weighted by Crippen LogP contribution is -2.07. The SMILES string of the molecule is CSc1ccc(SC(C)(C)C)c(C)n1. The molecule has 0 saturated carbocycles. The van der Waals surface area contributed by atoms with Crippen molar-refractivity contribution in [3.8, 4) is 0 Å². The van der Waals surface area contributed by atoms with Gasteiger partial charge in [0.25, 0.3) is 0 Å². The van der Waals surface area contributed by atoms with Crippen LogP contribution in [0.4, 0.5) is 0 Å². The van der Waals surface area contributed by atoms with Crippen LogP contribution in [0.15, 0.2) is 22.1 Å². The first-order valence-corrected chi connectivity index (χ1v) is 6.67. The average molecular weight is 227 g/mol. The first-order chi connectivity index (χ1) is 6.42. The quantitative estimate of drug-likeness (QED) is 0.709. The highest BCUT2D eigenvalue weighted by Gasteiger charge is 2.14. The molecule has 0 N–H and O–H groups in total. The van der Waals surface area contributed by atoms with E-state index in [1.807, 2.05) is 11.8 Å². The summed E-state index contributed by atoms with van der Waals surface area (Å²) in [5, 5.41) is 1.10. The zero-order valence-electron chi connectivity index (χ0n) is 9.42. The summed E-state index contributed by atoms with van der Waals surface area (Å²) in [6, 6.07) is 4.26. The summed E-state index contributed by atoms with van der Waals surface area (Å²) in [6.07, 6.45) is 2.05. The predicted octanol–water partition coefficient (Wildman–Crippen LogP) is 4.00. The molecule has 78 valence electrons. The molecule has 0 spiro atoms. The minimum atomic E-state index is 0.257. The Bertz CT molecular complexity index is 316. The van der Waals surface area contributed by atoms with Crippen LogP contribution < -0.4 is 0 Å². The van der Waals surface area contributed by atoms with Gasteiger partial charge in [0, 0.05) is 9.64 Å². The van der Waals surface area contributed by atoms with Crippen LogP contribution in [0.1, 0.15) is 26.5 Å². The van der Waals surface area contributed by atoms with E-state index in [1.54, 1.807) is 11.8 Å². The Morgan fingerprint density at radius 2 is 1.86 bits per heavy atom. The van der Waals surface area contributed by atoms with Crippen LogP contribution in [0.2, 0.25) is 0 Å². The highest BCUT2D eigenvalue weighted by atomic mass is 32.2. The predicted molar refractivity (Wildman–Crippen MR) is 66.4 cm³/mol. The zero-order valence-corrected chi connectivity index (χ0v) is 11.1. The maximum Gasteiger partial charge on any atom is 0.0961 e. The number of hydrogen-bond acceptors (Lipinski definition) is 3. The molecule has 1 rings (SSSR count). The Labute approximate surface area is 95.1 Å². The molecule has 14 heavy (non-hydrogen) atoms. The Morgan fingerprint density at radius 1 is 1.21 bits per heavy atom. The summed E-state index contributed by atoms with van der Waals surface area (Å²) in [5.74, 6) is 0. The maximum atomic E-state index is 4.52. The fourth-order valence-electron chi connectivity index (χ4n) is 1.08. The van der Waals surface area contributed by atoms with Crippen LogP contribution in [-0.2, 0) is 0 Å². The van der Waals surface area contributed by atoms with Crippen molar-refractivity contribution in [3.05, 3.63) is 17.8 Å². The number of thioether (sulfide) groups is 2. The van der Waals surface area contributed by atoms with Crippen LogP contribution in [0.5, 0.6) is 0 Å². The number of pyridine rings is 1. The summed E-state index contributed by atoms with van der Waals surface area (Å²) < 4.78 is 0.257. The van der Waals surface area contributed by atoms with Crippen molar-refractivity contribution in [1.82, 2.24) is 4.98 Å². The normalized spacial score (nSPS) is 11.8. The second kappa shape index (κ2) is 4.58. The minimum Gasteiger partial charge on any atom is -0.246 e. The number of rotatable bonds is 2. The standard InChI is InChI=1S/C11H17NS2/c1-8-9(14-11(2,3)4)6-7-10(12-8)13-5/h6-7H,1-5H3. The van der Waals surface area contributed by atoms with Gasteiger partial charge in [-0.1, -0.05) is 20.8 Å². The molecule has 3 heteroatoms. The van der Waals surface area contributed by atoms with E-state index in [-0.39, 0.29) is 4.75 Å². The Kier molecular flexibility index (Phi) is 3.90. The fraction of sp³-hybridized carbons (Fsp3) is 0.545. The van der Waals surface area contributed by atoms with Crippen molar-refractivity contribution < 1.29 is 0 Å². The first kappa shape index (κ1) is 11.9. The van der Waals surface area contributed by atoms with Crippen molar-refractivity contribution in [2.24, 2.45) is 0 Å². The molecule has 0 bridgehead atoms. The van der Waals surface area contributed by atoms with E-state index in [1.165, 1.54) is 4.90 Å². The van der Waals surface area contributed by atoms with Crippen LogP contribution >= 0.6 is 23.5 Å². The number of aromatic nitrogens is 1. The summed E-state index contributed by atoms with van der Waals surface area (Å²) >= 11 is 3.56. The van der Waals surface area contributed by atoms with Crippen molar-refractivity contribution in [1.29, 1.82) is 0 Å². The van der Waals surface area contributed by atoms with E-state index < -0.39 is 0 Å². The molecule has 0 aliphatic heterocycles. The second-order valence-electron chi connectivity index (χ2n) is 4.15. The van der Waals surface area contributed by atoms with Crippen molar-refractivity contribution >= 4 is 23.5 Å². The third-order valence-electron chi connectivity index (χ3n) is 1.64. The molecule has 0 amide bonds. The molecular weight excluding hydrogens is 210 g/mol. The van der Waals surface area contributed by atoms with Gasteiger partial charge in [-0.05, 0) is 25.3 Å². The van der Waals surface area contributed by atoms with Crippen LogP contribution in [-0.4, -0.2) is 16.0 Å². The molecule has 1 aromatic rings. The van der Waals surface area contributed by atoms with Gasteiger partial charge in [0.2, 0.25) is 0 Å². The highest BCUT2D eigenvalue weighted by molar-refractivity contribution is 8.00. The van der Waals surface area contributed by atoms with Gasteiger partial charge < -0.3 is 0 Å². The van der Waals surface area contributed by atoms with Gasteiger partial charge in [0.1, 0.15) is 0 Å². The van der Waals surface area contributed by atoms with Gasteiger partial charge in [-0.25, -0.2) is 4.98 Å². The van der Waals surface area contributed by atoms with Crippen molar-refractivity contribution in [3.63, 3.8) is 0 Å². The topological polar surface area (TPSA) is 12.9 Å². The first-order valence-electron chi connectivity index (χ1n) is 4.63. The van der Waals surface area contributed by atoms with E-state index in [2.05, 4.69) is 51.1 Å². The Balaban J connectivity index is 2.89. The summed E-state index contributed by atoms with van der Waals surface area (Å²) in [5.41, 5.74) is 1.14. The molecule has 1 heterocycles. The Morgan fingerprint density at radius 3 is 2.29 bits per heavy atom. The maximum absolute atomic E-state index is 4.52. The molecule has 0 aliphatic rings. The summed E-state index contributed by atoms with van der Waals surface area (Å²) in [4.78, 5) is 5.81. The Hall–Kier alpha value is -0.150. The zero-order chi connectivity index (χ0) is 10.8. The average Bonchev–Trinajstić information content (AvgIpc) is 2.06. The third kappa shape index (κ3) is 3.54. The van der Waals surface area contributed by atoms with Crippen LogP contribution in [0.25, 0.3) is 0 Å². The van der Waals surface area contributed by atoms with Gasteiger partial charge in [-0.2, -0.15) is 0 Å². The van der Waals surface area contributed by atoms with Gasteiger partial charge in [0.15, 0.2) is 0 Å². The lowest BCUT2D eigenvalue weighted by molar-refractivity contribution is 0.800. The molecule has 0 unspecified atom stereocenters. The molecular formula is C11H17NS2. The molecule has 0 atom stereocenters. The van der Waals surface area contributed by atoms with Gasteiger partial charge in [-0.3, -0.25) is 0 Å². The lowest BCUT2D eigenvalue weighted by atomic mass is 10.3. The molecule has 0 saturated heterocycles. The van der Waals surface area contributed by atoms with Crippen molar-refractivity contribution in [2.75, 3.05) is 6.26 Å². The molecule has 0 aliphatic carbocycles. The largest absolute Gasteiger partial charge is 0.246 e. The molecule has 1 nitrogen and oxygen atoms in total. The third-order valence-corrected chi connectivity index (χ3v) is 3.55. The lowest BCUT2D eigenvalue weighted by Gasteiger charge is -2.18. The fourth-order valence-corrected chi connectivity index (χ4v) is 2.50. The van der Waals surface area contributed by atoms with Crippen molar-refractivity contribution in [2.45, 2.75) is 42.4 Å². The monoisotopic (exact) mass is 227 g/mol. The van der Waals surface area contributed by atoms with E-state index in [9.17, 15) is 0 Å². The van der Waals surface area contributed by atoms with Gasteiger partial charge in [-0.15, -0.1) is 23.5 Å². The minimum absolute atomic E-state index is 0.257. The number of aryl methyl sites for hydroxylation is 1. The second-order valence-corrected chi connectivity index (χ2v) is 6.85. The molecule has 0 aromatic carbocycles. The van der Waals surface area contributed by atoms with Crippen LogP contribution in [0, 0.1) is 6.92 Å². The van der Waals surface area contributed by atoms with E-state index in [0.29, 0.717) is 0 Å². The number of nitrogens with zero attached hydrogens (tertiary/aromatic N) is 1. The van der Waals surface area contributed by atoms with Gasteiger partial charge in [0.05, 0.1) is 10.7 Å². The summed E-state index contributed by atoms with van der Waals surface area (Å²) in [7, 11) is 0. The van der Waals surface area contributed by atoms with E-state index in [0.717, 1.165) is 10.7 Å². The smallest absolute Gasteiger partial charge is 0.0961 e. The molecule has 1 aromatic heterocycles. The molecule has 0 fully saturated rings.